The van der Waals surface area contributed by atoms with Gasteiger partial charge in [0.05, 0.1) is 19.5 Å². The molecule has 2 aromatic rings. The molecule has 1 aromatic carbocycles. The third kappa shape index (κ3) is 14.0. The largest absolute Gasteiger partial charge is 0.490 e. The normalized spacial score (nSPS) is 12.4. The molecule has 1 heterocycles. The molecule has 0 amide bonds. The van der Waals surface area contributed by atoms with Crippen LogP contribution in [0.5, 0.6) is 11.5 Å². The van der Waals surface area contributed by atoms with Crippen LogP contribution in [0.3, 0.4) is 0 Å². The predicted molar refractivity (Wildman–Crippen MR) is 139 cm³/mol. The van der Waals surface area contributed by atoms with Gasteiger partial charge in [0.2, 0.25) is 8.03 Å². The van der Waals surface area contributed by atoms with Crippen molar-refractivity contribution < 1.29 is 73.5 Å². The number of carboxylic acid groups (broad SMARTS) is 2. The molecule has 0 aliphatic heterocycles. The van der Waals surface area contributed by atoms with E-state index in [1.807, 2.05) is 0 Å². The maximum atomic E-state index is 12.5. The first-order chi connectivity index (χ1) is 19.2. The molecule has 0 saturated heterocycles. The highest BCUT2D eigenvalue weighted by Gasteiger charge is 2.38. The topological polar surface area (TPSA) is 229 Å². The number of sulfonamides is 1. The minimum atomic E-state index is -5.08. The van der Waals surface area contributed by atoms with E-state index >= 15 is 0 Å². The van der Waals surface area contributed by atoms with Gasteiger partial charge < -0.3 is 36.0 Å². The Morgan fingerprint density at radius 3 is 1.71 bits per heavy atom. The van der Waals surface area contributed by atoms with E-state index in [2.05, 4.69) is 4.72 Å². The second kappa shape index (κ2) is 17.4. The zero-order valence-corrected chi connectivity index (χ0v) is 24.2. The Hall–Kier alpha value is -2.68. The number of rotatable bonds is 12. The summed E-state index contributed by atoms with van der Waals surface area (Å²) in [5.41, 5.74) is 11.6. The van der Waals surface area contributed by atoms with E-state index in [0.717, 1.165) is 16.7 Å². The number of nitrogens with two attached hydrogens (primary N) is 2. The number of alkyl halides is 6. The first-order valence-corrected chi connectivity index (χ1v) is 15.1. The molecule has 0 fully saturated rings. The van der Waals surface area contributed by atoms with Gasteiger partial charge in [0.15, 0.2) is 11.5 Å². The minimum Gasteiger partial charge on any atom is -0.490 e. The van der Waals surface area contributed by atoms with E-state index in [0.29, 0.717) is 60.9 Å². The van der Waals surface area contributed by atoms with Crippen LogP contribution < -0.4 is 25.7 Å². The van der Waals surface area contributed by atoms with E-state index in [1.54, 1.807) is 19.1 Å². The molecule has 0 spiro atoms. The van der Waals surface area contributed by atoms with Gasteiger partial charge in [0.25, 0.3) is 10.0 Å². The van der Waals surface area contributed by atoms with Gasteiger partial charge in [-0.05, 0) is 44.5 Å². The first-order valence-electron chi connectivity index (χ1n) is 11.2. The molecule has 1 atom stereocenters. The van der Waals surface area contributed by atoms with Gasteiger partial charge in [-0.3, -0.25) is 4.57 Å². The summed E-state index contributed by atoms with van der Waals surface area (Å²) in [5, 5.41) is 15.0. The summed E-state index contributed by atoms with van der Waals surface area (Å²) in [6.45, 7) is 3.50. The zero-order valence-electron chi connectivity index (χ0n) is 21.5. The number of nitrogens with one attached hydrogen (secondary N) is 1. The fourth-order valence-corrected chi connectivity index (χ4v) is 6.17. The van der Waals surface area contributed by atoms with Crippen molar-refractivity contribution in [3.8, 4) is 11.5 Å². The van der Waals surface area contributed by atoms with Gasteiger partial charge in [-0.15, -0.1) is 11.3 Å². The molecule has 2 rings (SSSR count). The number of ether oxygens (including phenoxy) is 2. The molecule has 0 saturated carbocycles. The SMILES string of the molecule is Cc1c(S(=O)(=O)NC[PH](=O)O)sc2cc(OCCCN)c(OCCCN)cc12.O=C(O)C(F)(F)F.O=C(O)C(F)(F)F. The smallest absolute Gasteiger partial charge is 0.490 e. The number of thiophene rings is 1. The Labute approximate surface area is 239 Å². The average Bonchev–Trinajstić information content (AvgIpc) is 3.19. The molecule has 0 aliphatic carbocycles. The van der Waals surface area contributed by atoms with Gasteiger partial charge in [-0.25, -0.2) is 22.7 Å². The van der Waals surface area contributed by atoms with E-state index in [9.17, 15) is 39.3 Å². The van der Waals surface area contributed by atoms with Crippen molar-refractivity contribution in [2.75, 3.05) is 32.6 Å². The van der Waals surface area contributed by atoms with Crippen LogP contribution in [0.25, 0.3) is 10.1 Å². The number of carbonyl (C=O) groups is 2. The van der Waals surface area contributed by atoms with Crippen molar-refractivity contribution in [1.82, 2.24) is 4.72 Å². The van der Waals surface area contributed by atoms with E-state index < -0.39 is 48.6 Å². The van der Waals surface area contributed by atoms with Gasteiger partial charge in [-0.1, -0.05) is 0 Å². The lowest BCUT2D eigenvalue weighted by molar-refractivity contribution is -0.193. The number of aryl methyl sites for hydroxylation is 1. The molecule has 13 nitrogen and oxygen atoms in total. The van der Waals surface area contributed by atoms with Crippen LogP contribution in [-0.4, -0.2) is 80.4 Å². The van der Waals surface area contributed by atoms with Crippen molar-refractivity contribution in [1.29, 1.82) is 0 Å². The Balaban J connectivity index is 0.000000990. The number of halogens is 6. The average molecular weight is 680 g/mol. The summed E-state index contributed by atoms with van der Waals surface area (Å²) >= 11 is 1.07. The molecule has 22 heteroatoms. The molecule has 0 aliphatic rings. The van der Waals surface area contributed by atoms with Crippen LogP contribution in [0.15, 0.2) is 16.3 Å². The molecule has 8 N–H and O–H groups in total. The fourth-order valence-electron chi connectivity index (χ4n) is 2.44. The first kappa shape index (κ1) is 39.3. The van der Waals surface area contributed by atoms with Crippen LogP contribution in [-0.2, 0) is 24.2 Å². The third-order valence-corrected chi connectivity index (χ3v) is 8.32. The number of hydrogen-bond acceptors (Lipinski definition) is 10. The van der Waals surface area contributed by atoms with E-state index in [-0.39, 0.29) is 4.21 Å². The van der Waals surface area contributed by atoms with Crippen LogP contribution >= 0.6 is 19.4 Å². The van der Waals surface area contributed by atoms with E-state index in [4.69, 9.17) is 45.6 Å². The lowest BCUT2D eigenvalue weighted by Crippen LogP contribution is -2.22. The summed E-state index contributed by atoms with van der Waals surface area (Å²) in [5.74, 6) is -4.49. The molecule has 1 aromatic heterocycles. The zero-order chi connectivity index (χ0) is 32.9. The summed E-state index contributed by atoms with van der Waals surface area (Å²) in [6, 6.07) is 3.50. The Bertz CT molecular complexity index is 1300. The van der Waals surface area contributed by atoms with Crippen LogP contribution in [0.2, 0.25) is 0 Å². The van der Waals surface area contributed by atoms with Gasteiger partial charge in [-0.2, -0.15) is 26.3 Å². The number of benzene rings is 1. The van der Waals surface area contributed by atoms with Crippen LogP contribution in [0.4, 0.5) is 26.3 Å². The summed E-state index contributed by atoms with van der Waals surface area (Å²) in [7, 11) is -6.85. The van der Waals surface area contributed by atoms with Crippen molar-refractivity contribution in [2.24, 2.45) is 11.5 Å². The lowest BCUT2D eigenvalue weighted by Gasteiger charge is -2.13. The fraction of sp³-hybridized carbons (Fsp3) is 0.500. The second-order valence-corrected chi connectivity index (χ2v) is 11.8. The number of aliphatic carboxylic acids is 2. The monoisotopic (exact) mass is 679 g/mol. The Morgan fingerprint density at radius 1 is 0.952 bits per heavy atom. The van der Waals surface area contributed by atoms with Gasteiger partial charge in [0, 0.05) is 16.2 Å². The maximum absolute atomic E-state index is 12.5. The predicted octanol–water partition coefficient (Wildman–Crippen LogP) is 2.63. The molecule has 242 valence electrons. The molecular formula is C20H28F6N3O10PS2. The van der Waals surface area contributed by atoms with Crippen LogP contribution in [0.1, 0.15) is 18.4 Å². The second-order valence-electron chi connectivity index (χ2n) is 7.62. The Morgan fingerprint density at radius 2 is 1.36 bits per heavy atom. The third-order valence-electron chi connectivity index (χ3n) is 4.31. The molecule has 0 bridgehead atoms. The standard InChI is InChI=1S/C16H26N3O6PS2.2C2HF3O2/c1-11-12-8-13(24-6-2-4-17)14(25-7-3-5-18)9-15(12)27-16(11)28(22,23)19-10-26(20)21;2*3-2(4,5)1(6)7/h8-9,19,26H,2-7,10,17-18H2,1H3,(H,20,21);2*(H,6,7). The molecular weight excluding hydrogens is 651 g/mol. The summed E-state index contributed by atoms with van der Waals surface area (Å²) < 4.78 is 114. The maximum Gasteiger partial charge on any atom is 0.490 e. The molecule has 0 radical (unpaired) electrons. The van der Waals surface area contributed by atoms with Crippen molar-refractivity contribution >= 4 is 51.4 Å². The number of fused-ring (bicyclic) bond motifs is 1. The van der Waals surface area contributed by atoms with E-state index in [1.165, 1.54) is 0 Å². The highest BCUT2D eigenvalue weighted by Crippen LogP contribution is 2.41. The number of carboxylic acids is 2. The van der Waals surface area contributed by atoms with Gasteiger partial charge in [0.1, 0.15) is 4.21 Å². The Kier molecular flexibility index (Phi) is 16.3. The van der Waals surface area contributed by atoms with Crippen molar-refractivity contribution in [3.63, 3.8) is 0 Å². The lowest BCUT2D eigenvalue weighted by atomic mass is 10.2. The molecule has 42 heavy (non-hydrogen) atoms. The highest BCUT2D eigenvalue weighted by molar-refractivity contribution is 7.92. The quantitative estimate of drug-likeness (QED) is 0.108. The van der Waals surface area contributed by atoms with Crippen LogP contribution in [0, 0.1) is 6.92 Å². The minimum absolute atomic E-state index is 0.0952. The number of hydrogen-bond donors (Lipinski definition) is 6. The summed E-state index contributed by atoms with van der Waals surface area (Å²) in [4.78, 5) is 26.7. The van der Waals surface area contributed by atoms with Crippen molar-refractivity contribution in [2.45, 2.75) is 36.3 Å². The molecule has 1 unspecified atom stereocenters. The highest BCUT2D eigenvalue weighted by atomic mass is 32.2. The van der Waals surface area contributed by atoms with Crippen molar-refractivity contribution in [3.05, 3.63) is 17.7 Å². The van der Waals surface area contributed by atoms with Gasteiger partial charge >= 0.3 is 24.3 Å². The summed E-state index contributed by atoms with van der Waals surface area (Å²) in [6.07, 6.45) is -9.32.